The fourth-order valence-corrected chi connectivity index (χ4v) is 3.95. The number of aromatic nitrogens is 1. The van der Waals surface area contributed by atoms with Crippen molar-refractivity contribution < 1.29 is 23.5 Å². The van der Waals surface area contributed by atoms with Crippen LogP contribution in [0.2, 0.25) is 0 Å². The van der Waals surface area contributed by atoms with Gasteiger partial charge in [0.15, 0.2) is 17.3 Å². The van der Waals surface area contributed by atoms with Gasteiger partial charge >= 0.3 is 0 Å². The van der Waals surface area contributed by atoms with E-state index in [9.17, 15) is 18.8 Å². The molecule has 4 rings (SSSR count). The van der Waals surface area contributed by atoms with Gasteiger partial charge in [-0.25, -0.2) is 4.39 Å². The summed E-state index contributed by atoms with van der Waals surface area (Å²) < 4.78 is 25.5. The number of anilines is 1. The summed E-state index contributed by atoms with van der Waals surface area (Å²) in [6.07, 6.45) is 2.21. The van der Waals surface area contributed by atoms with Crippen LogP contribution in [0.4, 0.5) is 10.1 Å². The Hall–Kier alpha value is -4.46. The monoisotopic (exact) mass is 488 g/mol. The van der Waals surface area contributed by atoms with Gasteiger partial charge in [0.1, 0.15) is 12.4 Å². The lowest BCUT2D eigenvalue weighted by Gasteiger charge is -2.16. The first-order chi connectivity index (χ1) is 17.3. The molecule has 0 saturated heterocycles. The van der Waals surface area contributed by atoms with Crippen molar-refractivity contribution in [2.45, 2.75) is 19.9 Å². The Bertz CT molecular complexity index is 1490. The number of fused-ring (bicyclic) bond motifs is 1. The largest absolute Gasteiger partial charge is 0.493 e. The van der Waals surface area contributed by atoms with E-state index in [2.05, 4.69) is 5.32 Å². The predicted molar refractivity (Wildman–Crippen MR) is 136 cm³/mol. The smallest absolute Gasteiger partial charge is 0.244 e. The van der Waals surface area contributed by atoms with Crippen LogP contribution in [0.1, 0.15) is 28.4 Å². The summed E-state index contributed by atoms with van der Waals surface area (Å²) in [6.45, 7) is 1.80. The minimum atomic E-state index is -0.481. The minimum Gasteiger partial charge on any atom is -0.493 e. The van der Waals surface area contributed by atoms with Crippen LogP contribution in [0.25, 0.3) is 10.9 Å². The third-order valence-corrected chi connectivity index (χ3v) is 5.90. The van der Waals surface area contributed by atoms with Gasteiger partial charge in [-0.15, -0.1) is 0 Å². The number of benzene rings is 3. The van der Waals surface area contributed by atoms with Gasteiger partial charge in [-0.05, 0) is 42.3 Å². The molecule has 0 unspecified atom stereocenters. The van der Waals surface area contributed by atoms with Crippen molar-refractivity contribution in [1.82, 2.24) is 4.57 Å². The number of nitrogens with zero attached hydrogens (tertiary/aromatic N) is 1. The number of carbonyl (C=O) groups excluding carboxylic acids is 2. The molecule has 36 heavy (non-hydrogen) atoms. The van der Waals surface area contributed by atoms with Crippen LogP contribution < -0.4 is 20.2 Å². The molecule has 0 atom stereocenters. The second-order valence-corrected chi connectivity index (χ2v) is 8.16. The summed E-state index contributed by atoms with van der Waals surface area (Å²) in [5.41, 5.74) is 1.69. The predicted octanol–water partition coefficient (Wildman–Crippen LogP) is 4.59. The lowest BCUT2D eigenvalue weighted by atomic mass is 10.0. The van der Waals surface area contributed by atoms with E-state index >= 15 is 0 Å². The van der Waals surface area contributed by atoms with Gasteiger partial charge in [-0.2, -0.15) is 0 Å². The number of nitrogens with one attached hydrogen (secondary N) is 1. The first-order valence-corrected chi connectivity index (χ1v) is 11.3. The molecule has 1 aromatic heterocycles. The van der Waals surface area contributed by atoms with E-state index in [0.717, 1.165) is 12.0 Å². The highest BCUT2D eigenvalue weighted by molar-refractivity contribution is 6.10. The maximum absolute atomic E-state index is 13.4. The zero-order chi connectivity index (χ0) is 25.8. The highest BCUT2D eigenvalue weighted by Crippen LogP contribution is 2.31. The summed E-state index contributed by atoms with van der Waals surface area (Å²) >= 11 is 0. The van der Waals surface area contributed by atoms with E-state index in [4.69, 9.17) is 9.47 Å². The van der Waals surface area contributed by atoms with Crippen molar-refractivity contribution >= 4 is 28.3 Å². The van der Waals surface area contributed by atoms with Crippen LogP contribution in [0, 0.1) is 5.82 Å². The van der Waals surface area contributed by atoms with E-state index in [0.29, 0.717) is 28.3 Å². The van der Waals surface area contributed by atoms with Crippen LogP contribution in [0.5, 0.6) is 11.5 Å². The molecule has 3 aromatic carbocycles. The van der Waals surface area contributed by atoms with Crippen molar-refractivity contribution in [3.63, 3.8) is 0 Å². The summed E-state index contributed by atoms with van der Waals surface area (Å²) in [4.78, 5) is 39.6. The molecule has 0 saturated carbocycles. The number of halogens is 1. The lowest BCUT2D eigenvalue weighted by molar-refractivity contribution is -0.116. The van der Waals surface area contributed by atoms with E-state index in [1.807, 2.05) is 19.1 Å². The molecular formula is C28H25FN2O5. The summed E-state index contributed by atoms with van der Waals surface area (Å²) in [5.74, 6) is -0.609. The van der Waals surface area contributed by atoms with E-state index in [1.165, 1.54) is 55.3 Å². The Kier molecular flexibility index (Phi) is 7.15. The standard InChI is InChI=1S/C28H25FN2O5/c1-4-17-5-7-18(8-6-17)27(33)22-15-31(16-26(32)30-20-11-9-19(29)10-12-20)23-14-25(36-3)24(35-2)13-21(23)28(22)34/h5-15H,4,16H2,1-3H3,(H,30,32). The fourth-order valence-electron chi connectivity index (χ4n) is 3.95. The van der Waals surface area contributed by atoms with Crippen molar-refractivity contribution in [2.24, 2.45) is 0 Å². The van der Waals surface area contributed by atoms with E-state index in [1.54, 1.807) is 18.2 Å². The Balaban J connectivity index is 1.81. The molecule has 7 nitrogen and oxygen atoms in total. The zero-order valence-corrected chi connectivity index (χ0v) is 20.1. The fraction of sp³-hybridized carbons (Fsp3) is 0.179. The van der Waals surface area contributed by atoms with E-state index in [-0.39, 0.29) is 17.5 Å². The van der Waals surface area contributed by atoms with Gasteiger partial charge in [0.25, 0.3) is 0 Å². The van der Waals surface area contributed by atoms with Gasteiger partial charge in [-0.1, -0.05) is 31.2 Å². The summed E-state index contributed by atoms with van der Waals surface area (Å²) in [7, 11) is 2.91. The number of carbonyl (C=O) groups is 2. The molecule has 0 spiro atoms. The number of ketones is 1. The molecule has 4 aromatic rings. The third-order valence-electron chi connectivity index (χ3n) is 5.90. The van der Waals surface area contributed by atoms with Crippen LogP contribution in [-0.2, 0) is 17.8 Å². The highest BCUT2D eigenvalue weighted by Gasteiger charge is 2.20. The number of pyridine rings is 1. The van der Waals surface area contributed by atoms with E-state index < -0.39 is 22.9 Å². The van der Waals surface area contributed by atoms with Crippen LogP contribution in [-0.4, -0.2) is 30.5 Å². The Labute approximate surface area is 207 Å². The third kappa shape index (κ3) is 4.98. The maximum Gasteiger partial charge on any atom is 0.244 e. The Morgan fingerprint density at radius 3 is 2.19 bits per heavy atom. The number of rotatable bonds is 8. The Morgan fingerprint density at radius 2 is 1.58 bits per heavy atom. The molecule has 0 aliphatic carbocycles. The molecule has 0 aliphatic heterocycles. The van der Waals surface area contributed by atoms with Crippen molar-refractivity contribution in [3.05, 3.63) is 99.6 Å². The van der Waals surface area contributed by atoms with Crippen molar-refractivity contribution in [2.75, 3.05) is 19.5 Å². The average molecular weight is 489 g/mol. The quantitative estimate of drug-likeness (QED) is 0.367. The molecule has 0 radical (unpaired) electrons. The molecule has 0 aliphatic rings. The number of methoxy groups -OCH3 is 2. The van der Waals surface area contributed by atoms with Gasteiger partial charge in [0.2, 0.25) is 11.3 Å². The lowest BCUT2D eigenvalue weighted by Crippen LogP contribution is -2.24. The molecule has 0 bridgehead atoms. The number of amides is 1. The van der Waals surface area contributed by atoms with Gasteiger partial charge < -0.3 is 19.4 Å². The molecule has 1 N–H and O–H groups in total. The first kappa shape index (κ1) is 24.7. The molecule has 1 heterocycles. The molecule has 0 fully saturated rings. The van der Waals surface area contributed by atoms with Crippen molar-refractivity contribution in [3.8, 4) is 11.5 Å². The molecule has 184 valence electrons. The summed E-state index contributed by atoms with van der Waals surface area (Å²) in [5, 5.41) is 2.90. The van der Waals surface area contributed by atoms with Crippen LogP contribution >= 0.6 is 0 Å². The van der Waals surface area contributed by atoms with Crippen molar-refractivity contribution in [1.29, 1.82) is 0 Å². The average Bonchev–Trinajstić information content (AvgIpc) is 2.90. The van der Waals surface area contributed by atoms with Crippen LogP contribution in [0.15, 0.2) is 71.7 Å². The van der Waals surface area contributed by atoms with Crippen LogP contribution in [0.3, 0.4) is 0 Å². The highest BCUT2D eigenvalue weighted by atomic mass is 19.1. The second kappa shape index (κ2) is 10.4. The molecule has 1 amide bonds. The summed E-state index contributed by atoms with van der Waals surface area (Å²) in [6, 6.07) is 15.5. The zero-order valence-electron chi connectivity index (χ0n) is 20.1. The normalized spacial score (nSPS) is 10.8. The number of aryl methyl sites for hydroxylation is 1. The second-order valence-electron chi connectivity index (χ2n) is 8.16. The van der Waals surface area contributed by atoms with Gasteiger partial charge in [0.05, 0.1) is 30.7 Å². The SMILES string of the molecule is CCc1ccc(C(=O)c2cn(CC(=O)Nc3ccc(F)cc3)c3cc(OC)c(OC)cc3c2=O)cc1. The number of hydrogen-bond donors (Lipinski definition) is 1. The topological polar surface area (TPSA) is 86.6 Å². The molecule has 8 heteroatoms. The molecular weight excluding hydrogens is 463 g/mol. The van der Waals surface area contributed by atoms with Gasteiger partial charge in [0, 0.05) is 23.5 Å². The van der Waals surface area contributed by atoms with Gasteiger partial charge in [-0.3, -0.25) is 14.4 Å². The Morgan fingerprint density at radius 1 is 0.944 bits per heavy atom. The minimum absolute atomic E-state index is 0.0754. The number of ether oxygens (including phenoxy) is 2. The maximum atomic E-state index is 13.4. The number of hydrogen-bond acceptors (Lipinski definition) is 5. The first-order valence-electron chi connectivity index (χ1n) is 11.3.